The van der Waals surface area contributed by atoms with Gasteiger partial charge in [0.05, 0.1) is 10.6 Å². The van der Waals surface area contributed by atoms with Crippen molar-refractivity contribution in [3.05, 3.63) is 69.0 Å². The smallest absolute Gasteiger partial charge is 0.365 e. The third kappa shape index (κ3) is 4.55. The van der Waals surface area contributed by atoms with E-state index in [0.29, 0.717) is 16.9 Å². The number of carbonyl (C=O) groups is 2. The van der Waals surface area contributed by atoms with Gasteiger partial charge in [-0.15, -0.1) is 11.3 Å². The minimum Gasteiger partial charge on any atom is -0.365 e. The standard InChI is InChI=1S/C21H15F3N6O4S/c1-10-13(30(33)34)8-26-29(10)9-15(31)28-17-16-12(11-5-3-2-4-6-11)7-14(21(22,23)24)27-20(16)35-18(17)19(25)32/h2-8H,9H2,1H3,(H2,25,32)(H,28,31). The van der Waals surface area contributed by atoms with Crippen LogP contribution < -0.4 is 11.1 Å². The normalized spacial score (nSPS) is 11.5. The van der Waals surface area contributed by atoms with Gasteiger partial charge in [-0.3, -0.25) is 24.4 Å². The van der Waals surface area contributed by atoms with Gasteiger partial charge in [0.1, 0.15) is 33.8 Å². The van der Waals surface area contributed by atoms with Crippen LogP contribution in [-0.4, -0.2) is 31.5 Å². The fourth-order valence-corrected chi connectivity index (χ4v) is 4.48. The lowest BCUT2D eigenvalue weighted by Crippen LogP contribution is -2.22. The Bertz CT molecular complexity index is 1480. The Morgan fingerprint density at radius 3 is 2.51 bits per heavy atom. The monoisotopic (exact) mass is 504 g/mol. The van der Waals surface area contributed by atoms with Crippen molar-refractivity contribution >= 4 is 44.7 Å². The number of nitro groups is 1. The van der Waals surface area contributed by atoms with Gasteiger partial charge in [-0.1, -0.05) is 30.3 Å². The number of halogens is 3. The summed E-state index contributed by atoms with van der Waals surface area (Å²) in [6, 6.07) is 8.93. The number of benzene rings is 1. The topological polar surface area (TPSA) is 146 Å². The van der Waals surface area contributed by atoms with Crippen molar-refractivity contribution in [1.29, 1.82) is 0 Å². The Labute approximate surface area is 198 Å². The van der Waals surface area contributed by atoms with Crippen molar-refractivity contribution in [2.45, 2.75) is 19.6 Å². The predicted octanol–water partition coefficient (Wildman–Crippen LogP) is 4.13. The molecule has 0 radical (unpaired) electrons. The first-order valence-corrected chi connectivity index (χ1v) is 10.7. The van der Waals surface area contributed by atoms with E-state index in [-0.39, 0.29) is 37.7 Å². The molecule has 0 bridgehead atoms. The quantitative estimate of drug-likeness (QED) is 0.298. The molecule has 0 aliphatic rings. The largest absolute Gasteiger partial charge is 0.433 e. The Morgan fingerprint density at radius 2 is 1.94 bits per heavy atom. The molecule has 0 saturated carbocycles. The summed E-state index contributed by atoms with van der Waals surface area (Å²) in [7, 11) is 0. The molecule has 10 nitrogen and oxygen atoms in total. The average Bonchev–Trinajstić information content (AvgIpc) is 3.34. The molecule has 0 atom stereocenters. The number of fused-ring (bicyclic) bond motifs is 1. The van der Waals surface area contributed by atoms with Gasteiger partial charge in [-0.05, 0) is 24.1 Å². The Balaban J connectivity index is 1.85. The second-order valence-corrected chi connectivity index (χ2v) is 8.35. The predicted molar refractivity (Wildman–Crippen MR) is 121 cm³/mol. The molecule has 0 aliphatic carbocycles. The fraction of sp³-hybridized carbons (Fsp3) is 0.143. The van der Waals surface area contributed by atoms with Crippen molar-refractivity contribution < 1.29 is 27.7 Å². The third-order valence-corrected chi connectivity index (χ3v) is 6.19. The lowest BCUT2D eigenvalue weighted by molar-refractivity contribution is -0.385. The summed E-state index contributed by atoms with van der Waals surface area (Å²) in [6.45, 7) is 0.952. The van der Waals surface area contributed by atoms with E-state index in [4.69, 9.17) is 5.73 Å². The maximum Gasteiger partial charge on any atom is 0.433 e. The van der Waals surface area contributed by atoms with Crippen LogP contribution in [0.2, 0.25) is 0 Å². The molecule has 1 aromatic carbocycles. The minimum absolute atomic E-state index is 0.0906. The van der Waals surface area contributed by atoms with Gasteiger partial charge in [0.15, 0.2) is 0 Å². The van der Waals surface area contributed by atoms with Gasteiger partial charge in [-0.25, -0.2) is 4.98 Å². The fourth-order valence-electron chi connectivity index (χ4n) is 3.47. The number of primary amides is 1. The van der Waals surface area contributed by atoms with E-state index in [1.807, 2.05) is 0 Å². The second-order valence-electron chi connectivity index (χ2n) is 7.35. The van der Waals surface area contributed by atoms with Gasteiger partial charge in [0, 0.05) is 5.39 Å². The molecule has 0 aliphatic heterocycles. The lowest BCUT2D eigenvalue weighted by atomic mass is 10.0. The summed E-state index contributed by atoms with van der Waals surface area (Å²) in [4.78, 5) is 38.7. The number of nitrogens with one attached hydrogen (secondary N) is 1. The Kier molecular flexibility index (Phi) is 5.98. The molecule has 2 amide bonds. The van der Waals surface area contributed by atoms with Crippen LogP contribution in [0.1, 0.15) is 21.1 Å². The number of nitrogens with two attached hydrogens (primary N) is 1. The van der Waals surface area contributed by atoms with Gasteiger partial charge in [-0.2, -0.15) is 18.3 Å². The van der Waals surface area contributed by atoms with Crippen LogP contribution >= 0.6 is 11.3 Å². The number of pyridine rings is 1. The van der Waals surface area contributed by atoms with Crippen LogP contribution in [0.3, 0.4) is 0 Å². The summed E-state index contributed by atoms with van der Waals surface area (Å²) < 4.78 is 41.7. The van der Waals surface area contributed by atoms with E-state index in [1.54, 1.807) is 30.3 Å². The zero-order chi connectivity index (χ0) is 25.5. The van der Waals surface area contributed by atoms with Crippen molar-refractivity contribution in [2.24, 2.45) is 5.73 Å². The molecular weight excluding hydrogens is 489 g/mol. The number of hydrogen-bond donors (Lipinski definition) is 2. The highest BCUT2D eigenvalue weighted by Gasteiger charge is 2.35. The summed E-state index contributed by atoms with van der Waals surface area (Å²) in [5, 5.41) is 17.5. The molecule has 0 fully saturated rings. The van der Waals surface area contributed by atoms with Gasteiger partial charge >= 0.3 is 11.9 Å². The number of rotatable bonds is 6. The van der Waals surface area contributed by atoms with Crippen LogP contribution in [0.25, 0.3) is 21.3 Å². The zero-order valence-electron chi connectivity index (χ0n) is 17.8. The van der Waals surface area contributed by atoms with E-state index >= 15 is 0 Å². The van der Waals surface area contributed by atoms with E-state index in [2.05, 4.69) is 15.4 Å². The number of anilines is 1. The van der Waals surface area contributed by atoms with Crippen LogP contribution in [0.15, 0.2) is 42.6 Å². The van der Waals surface area contributed by atoms with Crippen molar-refractivity contribution in [2.75, 3.05) is 5.32 Å². The van der Waals surface area contributed by atoms with Crippen molar-refractivity contribution in [1.82, 2.24) is 14.8 Å². The highest BCUT2D eigenvalue weighted by Crippen LogP contribution is 2.43. The third-order valence-electron chi connectivity index (χ3n) is 5.09. The lowest BCUT2D eigenvalue weighted by Gasteiger charge is -2.12. The first kappa shape index (κ1) is 23.8. The maximum atomic E-state index is 13.5. The zero-order valence-corrected chi connectivity index (χ0v) is 18.6. The first-order chi connectivity index (χ1) is 16.5. The number of hydrogen-bond acceptors (Lipinski definition) is 7. The molecule has 0 spiro atoms. The molecule has 4 aromatic rings. The summed E-state index contributed by atoms with van der Waals surface area (Å²) in [5.74, 6) is -1.70. The molecule has 0 unspecified atom stereocenters. The number of aromatic nitrogens is 3. The van der Waals surface area contributed by atoms with E-state index in [9.17, 15) is 32.9 Å². The molecular formula is C21H15F3N6O4S. The molecule has 3 heterocycles. The van der Waals surface area contributed by atoms with Crippen LogP contribution in [0.5, 0.6) is 0 Å². The summed E-state index contributed by atoms with van der Waals surface area (Å²) in [5.41, 5.74) is 4.52. The first-order valence-electron chi connectivity index (χ1n) is 9.84. The van der Waals surface area contributed by atoms with Crippen LogP contribution in [0, 0.1) is 17.0 Å². The van der Waals surface area contributed by atoms with Crippen molar-refractivity contribution in [3.63, 3.8) is 0 Å². The maximum absolute atomic E-state index is 13.5. The van der Waals surface area contributed by atoms with Crippen LogP contribution in [-0.2, 0) is 17.5 Å². The molecule has 3 N–H and O–H groups in total. The average molecular weight is 504 g/mol. The Morgan fingerprint density at radius 1 is 1.26 bits per heavy atom. The number of alkyl halides is 3. The molecule has 14 heteroatoms. The number of nitrogens with zero attached hydrogens (tertiary/aromatic N) is 4. The molecule has 0 saturated heterocycles. The molecule has 3 aromatic heterocycles. The van der Waals surface area contributed by atoms with Crippen molar-refractivity contribution in [3.8, 4) is 11.1 Å². The van der Waals surface area contributed by atoms with Gasteiger partial charge in [0.2, 0.25) is 5.91 Å². The van der Waals surface area contributed by atoms with Gasteiger partial charge in [0.25, 0.3) is 5.91 Å². The van der Waals surface area contributed by atoms with E-state index < -0.39 is 35.2 Å². The summed E-state index contributed by atoms with van der Waals surface area (Å²) >= 11 is 0.618. The van der Waals surface area contributed by atoms with E-state index in [0.717, 1.165) is 16.9 Å². The highest BCUT2D eigenvalue weighted by molar-refractivity contribution is 7.21. The highest BCUT2D eigenvalue weighted by atomic mass is 32.1. The molecule has 4 rings (SSSR count). The van der Waals surface area contributed by atoms with Gasteiger partial charge < -0.3 is 11.1 Å². The second kappa shape index (κ2) is 8.79. The number of thiophene rings is 1. The minimum atomic E-state index is -4.76. The van der Waals surface area contributed by atoms with E-state index in [1.165, 1.54) is 6.92 Å². The Hall–Kier alpha value is -4.33. The summed E-state index contributed by atoms with van der Waals surface area (Å²) in [6.07, 6.45) is -3.77. The molecule has 180 valence electrons. The van der Waals surface area contributed by atoms with Crippen LogP contribution in [0.4, 0.5) is 24.5 Å². The molecule has 35 heavy (non-hydrogen) atoms. The number of carbonyl (C=O) groups excluding carboxylic acids is 2. The SMILES string of the molecule is Cc1c([N+](=O)[O-])cnn1CC(=O)Nc1c(C(N)=O)sc2nc(C(F)(F)F)cc(-c3ccccc3)c12. The number of amides is 2.